The van der Waals surface area contributed by atoms with E-state index in [0.717, 1.165) is 34.4 Å². The molecule has 1 N–H and O–H groups in total. The van der Waals surface area contributed by atoms with Crippen LogP contribution < -0.4 is 14.8 Å². The summed E-state index contributed by atoms with van der Waals surface area (Å²) < 4.78 is 12.1. The van der Waals surface area contributed by atoms with Gasteiger partial charge in [0, 0.05) is 10.4 Å². The van der Waals surface area contributed by atoms with Crippen LogP contribution in [0.15, 0.2) is 16.6 Å². The molecule has 1 heterocycles. The average Bonchev–Trinajstić information content (AvgIpc) is 2.54. The minimum absolute atomic E-state index is 0.0559. The first kappa shape index (κ1) is 15.7. The maximum atomic E-state index is 12.4. The van der Waals surface area contributed by atoms with Crippen molar-refractivity contribution in [3.8, 4) is 11.5 Å². The number of halogens is 1. The lowest BCUT2D eigenvalue weighted by Gasteiger charge is -2.25. The lowest BCUT2D eigenvalue weighted by Crippen LogP contribution is -2.34. The number of carbonyl (C=O) groups is 1. The van der Waals surface area contributed by atoms with Crippen molar-refractivity contribution in [3.63, 3.8) is 0 Å². The third-order valence-corrected chi connectivity index (χ3v) is 5.15. The Labute approximate surface area is 139 Å². The molecule has 120 valence electrons. The molecule has 1 amide bonds. The molecular weight excluding hydrogens is 346 g/mol. The van der Waals surface area contributed by atoms with E-state index in [1.165, 1.54) is 19.3 Å². The van der Waals surface area contributed by atoms with Gasteiger partial charge in [-0.2, -0.15) is 0 Å². The van der Waals surface area contributed by atoms with E-state index < -0.39 is 0 Å². The summed E-state index contributed by atoms with van der Waals surface area (Å²) >= 11 is 3.58. The molecule has 1 unspecified atom stereocenters. The Morgan fingerprint density at radius 2 is 1.82 bits per heavy atom. The SMILES string of the molecule is CC(NC(=O)C1CCCCC1)c1cc2c(cc1Br)OCCO2. The van der Waals surface area contributed by atoms with Gasteiger partial charge in [-0.25, -0.2) is 0 Å². The number of rotatable bonds is 3. The van der Waals surface area contributed by atoms with Crippen molar-refractivity contribution >= 4 is 21.8 Å². The van der Waals surface area contributed by atoms with E-state index in [1.54, 1.807) is 0 Å². The van der Waals surface area contributed by atoms with Gasteiger partial charge in [-0.3, -0.25) is 4.79 Å². The Bertz CT molecular complexity index is 555. The average molecular weight is 368 g/mol. The fraction of sp³-hybridized carbons (Fsp3) is 0.588. The van der Waals surface area contributed by atoms with Crippen LogP contribution in [0.3, 0.4) is 0 Å². The first-order chi connectivity index (χ1) is 10.6. The van der Waals surface area contributed by atoms with Gasteiger partial charge in [0.25, 0.3) is 0 Å². The van der Waals surface area contributed by atoms with Gasteiger partial charge < -0.3 is 14.8 Å². The first-order valence-electron chi connectivity index (χ1n) is 8.04. The van der Waals surface area contributed by atoms with Gasteiger partial charge >= 0.3 is 0 Å². The number of carbonyl (C=O) groups excluding carboxylic acids is 1. The zero-order chi connectivity index (χ0) is 15.5. The van der Waals surface area contributed by atoms with Gasteiger partial charge in [0.1, 0.15) is 13.2 Å². The van der Waals surface area contributed by atoms with Crippen LogP contribution in [-0.2, 0) is 4.79 Å². The van der Waals surface area contributed by atoms with Gasteiger partial charge in [-0.15, -0.1) is 0 Å². The van der Waals surface area contributed by atoms with E-state index in [2.05, 4.69) is 21.2 Å². The van der Waals surface area contributed by atoms with Crippen LogP contribution in [0.2, 0.25) is 0 Å². The van der Waals surface area contributed by atoms with Crippen molar-refractivity contribution in [2.24, 2.45) is 5.92 Å². The molecule has 0 saturated heterocycles. The lowest BCUT2D eigenvalue weighted by molar-refractivity contribution is -0.126. The molecule has 1 aliphatic carbocycles. The third kappa shape index (κ3) is 3.40. The molecule has 1 fully saturated rings. The highest BCUT2D eigenvalue weighted by atomic mass is 79.9. The van der Waals surface area contributed by atoms with Gasteiger partial charge in [0.15, 0.2) is 11.5 Å². The Morgan fingerprint density at radius 3 is 2.50 bits per heavy atom. The molecule has 22 heavy (non-hydrogen) atoms. The number of hydrogen-bond donors (Lipinski definition) is 1. The highest BCUT2D eigenvalue weighted by Crippen LogP contribution is 2.38. The second-order valence-corrected chi connectivity index (χ2v) is 6.94. The van der Waals surface area contributed by atoms with Crippen molar-refractivity contribution in [2.45, 2.75) is 45.1 Å². The largest absolute Gasteiger partial charge is 0.486 e. The zero-order valence-electron chi connectivity index (χ0n) is 12.9. The van der Waals surface area contributed by atoms with Crippen molar-refractivity contribution in [2.75, 3.05) is 13.2 Å². The van der Waals surface area contributed by atoms with Crippen LogP contribution in [-0.4, -0.2) is 19.1 Å². The van der Waals surface area contributed by atoms with E-state index >= 15 is 0 Å². The number of amides is 1. The molecule has 0 aromatic heterocycles. The van der Waals surface area contributed by atoms with E-state index in [-0.39, 0.29) is 17.9 Å². The van der Waals surface area contributed by atoms with Gasteiger partial charge in [-0.05, 0) is 37.5 Å². The second-order valence-electron chi connectivity index (χ2n) is 6.08. The van der Waals surface area contributed by atoms with Crippen LogP contribution >= 0.6 is 15.9 Å². The molecule has 0 radical (unpaired) electrons. The molecule has 0 spiro atoms. The van der Waals surface area contributed by atoms with E-state index in [9.17, 15) is 4.79 Å². The van der Waals surface area contributed by atoms with E-state index in [4.69, 9.17) is 9.47 Å². The fourth-order valence-electron chi connectivity index (χ4n) is 3.19. The first-order valence-corrected chi connectivity index (χ1v) is 8.84. The zero-order valence-corrected chi connectivity index (χ0v) is 14.4. The molecule has 0 bridgehead atoms. The quantitative estimate of drug-likeness (QED) is 0.878. The van der Waals surface area contributed by atoms with Crippen molar-refractivity contribution in [3.05, 3.63) is 22.2 Å². The van der Waals surface area contributed by atoms with Crippen molar-refractivity contribution in [1.29, 1.82) is 0 Å². The van der Waals surface area contributed by atoms with Crippen molar-refractivity contribution in [1.82, 2.24) is 5.32 Å². The number of hydrogen-bond acceptors (Lipinski definition) is 3. The molecule has 2 aliphatic rings. The summed E-state index contributed by atoms with van der Waals surface area (Å²) in [6.07, 6.45) is 5.62. The molecule has 3 rings (SSSR count). The highest BCUT2D eigenvalue weighted by Gasteiger charge is 2.24. The summed E-state index contributed by atoms with van der Waals surface area (Å²) in [5.41, 5.74) is 1.02. The smallest absolute Gasteiger partial charge is 0.223 e. The maximum Gasteiger partial charge on any atom is 0.223 e. The molecular formula is C17H22BrNO3. The predicted molar refractivity (Wildman–Crippen MR) is 88.3 cm³/mol. The fourth-order valence-corrected chi connectivity index (χ4v) is 3.85. The summed E-state index contributed by atoms with van der Waals surface area (Å²) in [4.78, 5) is 12.4. The van der Waals surface area contributed by atoms with Crippen LogP contribution in [0.4, 0.5) is 0 Å². The second kappa shape index (κ2) is 6.90. The number of nitrogens with one attached hydrogen (secondary N) is 1. The standard InChI is InChI=1S/C17H22BrNO3/c1-11(19-17(20)12-5-3-2-4-6-12)13-9-15-16(10-14(13)18)22-8-7-21-15/h9-12H,2-8H2,1H3,(H,19,20). The van der Waals surface area contributed by atoms with Crippen LogP contribution in [0.25, 0.3) is 0 Å². The lowest BCUT2D eigenvalue weighted by atomic mass is 9.88. The van der Waals surface area contributed by atoms with E-state index in [1.807, 2.05) is 19.1 Å². The summed E-state index contributed by atoms with van der Waals surface area (Å²) in [6, 6.07) is 3.83. The van der Waals surface area contributed by atoms with Gasteiger partial charge in [0.2, 0.25) is 5.91 Å². The van der Waals surface area contributed by atoms with Crippen molar-refractivity contribution < 1.29 is 14.3 Å². The molecule has 1 aromatic rings. The van der Waals surface area contributed by atoms with E-state index in [0.29, 0.717) is 13.2 Å². The Morgan fingerprint density at radius 1 is 1.18 bits per heavy atom. The Kier molecular flexibility index (Phi) is 4.91. The third-order valence-electron chi connectivity index (χ3n) is 4.46. The summed E-state index contributed by atoms with van der Waals surface area (Å²) in [5.74, 6) is 1.86. The summed E-state index contributed by atoms with van der Waals surface area (Å²) in [7, 11) is 0. The normalized spacial score (nSPS) is 19.5. The monoisotopic (exact) mass is 367 g/mol. The number of fused-ring (bicyclic) bond motifs is 1. The molecule has 1 saturated carbocycles. The van der Waals surface area contributed by atoms with Gasteiger partial charge in [0.05, 0.1) is 6.04 Å². The molecule has 1 aromatic carbocycles. The molecule has 1 atom stereocenters. The van der Waals surface area contributed by atoms with Crippen LogP contribution in [0.5, 0.6) is 11.5 Å². The molecule has 4 nitrogen and oxygen atoms in total. The molecule has 5 heteroatoms. The number of benzene rings is 1. The Balaban J connectivity index is 1.71. The van der Waals surface area contributed by atoms with Gasteiger partial charge in [-0.1, -0.05) is 35.2 Å². The summed E-state index contributed by atoms with van der Waals surface area (Å²) in [5, 5.41) is 3.15. The Hall–Kier alpha value is -1.23. The minimum Gasteiger partial charge on any atom is -0.486 e. The maximum absolute atomic E-state index is 12.4. The molecule has 1 aliphatic heterocycles. The van der Waals surface area contributed by atoms with Crippen LogP contribution in [0.1, 0.15) is 50.6 Å². The highest BCUT2D eigenvalue weighted by molar-refractivity contribution is 9.10. The predicted octanol–water partition coefficient (Wildman–Crippen LogP) is 3.98. The number of ether oxygens (including phenoxy) is 2. The van der Waals surface area contributed by atoms with Crippen LogP contribution in [0, 0.1) is 5.92 Å². The topological polar surface area (TPSA) is 47.6 Å². The summed E-state index contributed by atoms with van der Waals surface area (Å²) in [6.45, 7) is 3.15. The minimum atomic E-state index is -0.0559.